The molecule has 0 aliphatic rings. The van der Waals surface area contributed by atoms with Gasteiger partial charge in [-0.05, 0) is 24.2 Å². The second-order valence-corrected chi connectivity index (χ2v) is 4.52. The normalized spacial score (nSPS) is 13.5. The van der Waals surface area contributed by atoms with Gasteiger partial charge in [0.2, 0.25) is 5.69 Å². The second-order valence-electron chi connectivity index (χ2n) is 3.51. The highest BCUT2D eigenvalue weighted by atomic mass is 32.2. The molecule has 0 amide bonds. The van der Waals surface area contributed by atoms with Gasteiger partial charge in [-0.2, -0.15) is 5.26 Å². The van der Waals surface area contributed by atoms with Crippen LogP contribution in [0.3, 0.4) is 0 Å². The highest BCUT2D eigenvalue weighted by molar-refractivity contribution is 7.99. The van der Waals surface area contributed by atoms with Crippen molar-refractivity contribution in [3.8, 4) is 6.07 Å². The van der Waals surface area contributed by atoms with E-state index in [9.17, 15) is 10.2 Å². The molecule has 1 rings (SSSR count). The summed E-state index contributed by atoms with van der Waals surface area (Å²) in [6, 6.07) is 1.81. The number of nitriles is 1. The maximum absolute atomic E-state index is 9.52. The van der Waals surface area contributed by atoms with Gasteiger partial charge in [-0.1, -0.05) is 11.8 Å². The van der Waals surface area contributed by atoms with E-state index in [0.29, 0.717) is 5.03 Å². The van der Waals surface area contributed by atoms with Gasteiger partial charge in [0.25, 0.3) is 0 Å². The van der Waals surface area contributed by atoms with E-state index in [0.717, 1.165) is 11.8 Å². The molecule has 2 N–H and O–H groups in total. The van der Waals surface area contributed by atoms with Gasteiger partial charge in [-0.15, -0.1) is 0 Å². The van der Waals surface area contributed by atoms with E-state index in [4.69, 9.17) is 5.26 Å². The molecule has 6 nitrogen and oxygen atoms in total. The molecule has 0 fully saturated rings. The number of aliphatic hydroxyl groups is 2. The van der Waals surface area contributed by atoms with Gasteiger partial charge in [0.1, 0.15) is 6.07 Å². The predicted molar refractivity (Wildman–Crippen MR) is 52.0 cm³/mol. The first-order valence-corrected chi connectivity index (χ1v) is 5.19. The molecular weight excluding hydrogens is 218 g/mol. The Labute approximate surface area is 90.9 Å². The summed E-state index contributed by atoms with van der Waals surface area (Å²) in [7, 11) is 0. The second kappa shape index (κ2) is 4.61. The summed E-state index contributed by atoms with van der Waals surface area (Å²) in [6.07, 6.45) is -0.911. The lowest BCUT2D eigenvalue weighted by molar-refractivity contribution is -0.0350. The Morgan fingerprint density at radius 3 is 2.80 bits per heavy atom. The molecule has 0 aliphatic carbocycles. The molecule has 0 aromatic carbocycles. The van der Waals surface area contributed by atoms with E-state index in [1.54, 1.807) is 6.07 Å². The first kappa shape index (κ1) is 12.0. The third kappa shape index (κ3) is 3.20. The van der Waals surface area contributed by atoms with E-state index in [1.165, 1.54) is 13.8 Å². The molecule has 7 heteroatoms. The van der Waals surface area contributed by atoms with Crippen LogP contribution in [0.4, 0.5) is 0 Å². The average molecular weight is 229 g/mol. The molecule has 1 heterocycles. The Hall–Kier alpha value is -1.10. The van der Waals surface area contributed by atoms with Crippen molar-refractivity contribution in [2.45, 2.75) is 30.6 Å². The van der Waals surface area contributed by atoms with Gasteiger partial charge in [-0.25, -0.2) is 4.63 Å². The minimum Gasteiger partial charge on any atom is -0.389 e. The lowest BCUT2D eigenvalue weighted by Gasteiger charge is -2.23. The van der Waals surface area contributed by atoms with Gasteiger partial charge in [0.15, 0.2) is 5.03 Å². The molecule has 0 saturated carbocycles. The van der Waals surface area contributed by atoms with E-state index >= 15 is 0 Å². The zero-order chi connectivity index (χ0) is 11.5. The largest absolute Gasteiger partial charge is 0.389 e. The van der Waals surface area contributed by atoms with Gasteiger partial charge in [0, 0.05) is 5.75 Å². The number of thioether (sulfide) groups is 1. The monoisotopic (exact) mass is 229 g/mol. The number of nitrogens with zero attached hydrogens (tertiary/aromatic N) is 3. The zero-order valence-electron chi connectivity index (χ0n) is 8.34. The van der Waals surface area contributed by atoms with Crippen LogP contribution >= 0.6 is 11.8 Å². The van der Waals surface area contributed by atoms with Crippen LogP contribution in [0.1, 0.15) is 19.5 Å². The summed E-state index contributed by atoms with van der Waals surface area (Å²) in [4.78, 5) is 0. The molecule has 0 radical (unpaired) electrons. The minimum atomic E-state index is -1.18. The Bertz CT molecular complexity index is 366. The summed E-state index contributed by atoms with van der Waals surface area (Å²) in [5.74, 6) is 0.215. The van der Waals surface area contributed by atoms with E-state index < -0.39 is 11.7 Å². The quantitative estimate of drug-likeness (QED) is 0.709. The fourth-order valence-electron chi connectivity index (χ4n) is 0.705. The molecule has 1 unspecified atom stereocenters. The third-order valence-corrected chi connectivity index (χ3v) is 2.78. The topological polar surface area (TPSA) is 103 Å². The minimum absolute atomic E-state index is 0.0861. The molecule has 0 spiro atoms. The first-order chi connectivity index (χ1) is 6.95. The fourth-order valence-corrected chi connectivity index (χ4v) is 1.73. The van der Waals surface area contributed by atoms with Crippen LogP contribution in [0.2, 0.25) is 0 Å². The molecule has 82 valence electrons. The lowest BCUT2D eigenvalue weighted by atomic mass is 10.0. The van der Waals surface area contributed by atoms with Gasteiger partial charge < -0.3 is 10.2 Å². The Morgan fingerprint density at radius 2 is 2.27 bits per heavy atom. The molecule has 0 aliphatic heterocycles. The molecule has 1 aromatic rings. The van der Waals surface area contributed by atoms with E-state index in [-0.39, 0.29) is 11.4 Å². The molecule has 1 atom stereocenters. The van der Waals surface area contributed by atoms with Crippen molar-refractivity contribution in [1.29, 1.82) is 5.26 Å². The van der Waals surface area contributed by atoms with Crippen molar-refractivity contribution in [2.24, 2.45) is 0 Å². The summed E-state index contributed by atoms with van der Waals surface area (Å²) < 4.78 is 4.37. The maximum Gasteiger partial charge on any atom is 0.218 e. The van der Waals surface area contributed by atoms with Crippen molar-refractivity contribution in [2.75, 3.05) is 5.75 Å². The molecular formula is C8H11N3O3S. The number of rotatable bonds is 4. The molecule has 1 aromatic heterocycles. The zero-order valence-corrected chi connectivity index (χ0v) is 9.15. The van der Waals surface area contributed by atoms with Crippen molar-refractivity contribution < 1.29 is 14.8 Å². The highest BCUT2D eigenvalue weighted by Gasteiger charge is 2.25. The van der Waals surface area contributed by atoms with Crippen molar-refractivity contribution in [3.63, 3.8) is 0 Å². The smallest absolute Gasteiger partial charge is 0.218 e. The molecule has 0 saturated heterocycles. The van der Waals surface area contributed by atoms with E-state index in [1.807, 2.05) is 0 Å². The summed E-state index contributed by atoms with van der Waals surface area (Å²) in [5.41, 5.74) is -1.10. The predicted octanol–water partition coefficient (Wildman–Crippen LogP) is 0.165. The SMILES string of the molecule is CC(C)(O)C(O)CSc1nonc1C#N. The Balaban J connectivity index is 2.55. The Morgan fingerprint density at radius 1 is 1.60 bits per heavy atom. The van der Waals surface area contributed by atoms with Crippen LogP contribution < -0.4 is 0 Å². The van der Waals surface area contributed by atoms with Gasteiger partial charge >= 0.3 is 0 Å². The maximum atomic E-state index is 9.52. The van der Waals surface area contributed by atoms with Crippen LogP contribution in [0.5, 0.6) is 0 Å². The average Bonchev–Trinajstić information content (AvgIpc) is 2.59. The third-order valence-electron chi connectivity index (χ3n) is 1.76. The lowest BCUT2D eigenvalue weighted by Crippen LogP contribution is -2.37. The van der Waals surface area contributed by atoms with Crippen LogP contribution in [0.25, 0.3) is 0 Å². The number of hydrogen-bond donors (Lipinski definition) is 2. The van der Waals surface area contributed by atoms with Crippen molar-refractivity contribution in [3.05, 3.63) is 5.69 Å². The van der Waals surface area contributed by atoms with Gasteiger partial charge in [-0.3, -0.25) is 0 Å². The number of hydrogen-bond acceptors (Lipinski definition) is 7. The highest BCUT2D eigenvalue weighted by Crippen LogP contribution is 2.22. The van der Waals surface area contributed by atoms with Crippen LogP contribution in [-0.4, -0.2) is 38.0 Å². The standard InChI is InChI=1S/C8H11N3O3S/c1-8(2,13)6(12)4-15-7-5(3-9)10-14-11-7/h6,12-13H,4H2,1-2H3. The van der Waals surface area contributed by atoms with E-state index in [2.05, 4.69) is 14.9 Å². The molecule has 15 heavy (non-hydrogen) atoms. The number of aromatic nitrogens is 2. The summed E-state index contributed by atoms with van der Waals surface area (Å²) >= 11 is 1.11. The van der Waals surface area contributed by atoms with Crippen LogP contribution in [0, 0.1) is 11.3 Å². The van der Waals surface area contributed by atoms with Gasteiger partial charge in [0.05, 0.1) is 11.7 Å². The number of aliphatic hydroxyl groups excluding tert-OH is 1. The summed E-state index contributed by atoms with van der Waals surface area (Å²) in [5, 5.41) is 34.7. The van der Waals surface area contributed by atoms with Crippen molar-refractivity contribution in [1.82, 2.24) is 10.3 Å². The fraction of sp³-hybridized carbons (Fsp3) is 0.625. The molecule has 0 bridgehead atoms. The van der Waals surface area contributed by atoms with Crippen molar-refractivity contribution >= 4 is 11.8 Å². The van der Waals surface area contributed by atoms with Crippen LogP contribution in [0.15, 0.2) is 9.65 Å². The Kier molecular flexibility index (Phi) is 3.68. The van der Waals surface area contributed by atoms with Crippen LogP contribution in [-0.2, 0) is 0 Å². The summed E-state index contributed by atoms with van der Waals surface area (Å²) in [6.45, 7) is 3.01. The first-order valence-electron chi connectivity index (χ1n) is 4.21.